The van der Waals surface area contributed by atoms with Gasteiger partial charge in [-0.3, -0.25) is 4.68 Å². The van der Waals surface area contributed by atoms with E-state index in [1.165, 1.54) is 13.2 Å². The van der Waals surface area contributed by atoms with Crippen molar-refractivity contribution in [3.63, 3.8) is 0 Å². The summed E-state index contributed by atoms with van der Waals surface area (Å²) in [6, 6.07) is 4.85. The largest absolute Gasteiger partial charge is 0.494 e. The molecule has 0 unspecified atom stereocenters. The molecule has 0 bridgehead atoms. The Bertz CT molecular complexity index is 553. The molecule has 0 spiro atoms. The van der Waals surface area contributed by atoms with Crippen molar-refractivity contribution in [2.24, 2.45) is 12.8 Å². The number of benzene rings is 1. The van der Waals surface area contributed by atoms with Gasteiger partial charge in [0.15, 0.2) is 17.4 Å². The molecule has 0 fully saturated rings. The molecule has 0 saturated carbocycles. The van der Waals surface area contributed by atoms with Gasteiger partial charge in [0.25, 0.3) is 0 Å². The summed E-state index contributed by atoms with van der Waals surface area (Å²) in [5.74, 6) is 1.19. The highest BCUT2D eigenvalue weighted by Gasteiger charge is 2.09. The van der Waals surface area contributed by atoms with Crippen LogP contribution in [0.1, 0.15) is 17.2 Å². The molecule has 0 aliphatic rings. The lowest BCUT2D eigenvalue weighted by atomic mass is 10.1. The van der Waals surface area contributed by atoms with Gasteiger partial charge in [0.05, 0.1) is 13.7 Å². The summed E-state index contributed by atoms with van der Waals surface area (Å²) < 4.78 is 20.1. The molecule has 1 aromatic heterocycles. The Hall–Kier alpha value is -1.95. The van der Waals surface area contributed by atoms with E-state index in [0.29, 0.717) is 18.8 Å². The molecule has 0 radical (unpaired) electrons. The minimum absolute atomic E-state index is 0.236. The van der Waals surface area contributed by atoms with Crippen molar-refractivity contribution in [2.45, 2.75) is 13.0 Å². The zero-order valence-corrected chi connectivity index (χ0v) is 10.4. The average Bonchev–Trinajstić information content (AvgIpc) is 2.70. The first-order valence-corrected chi connectivity index (χ1v) is 5.55. The fourth-order valence-corrected chi connectivity index (χ4v) is 1.72. The number of aryl methyl sites for hydroxylation is 1. The molecule has 2 aromatic rings. The number of halogens is 1. The maximum absolute atomic E-state index is 13.5. The second-order valence-electron chi connectivity index (χ2n) is 3.92. The van der Waals surface area contributed by atoms with Gasteiger partial charge >= 0.3 is 0 Å². The molecule has 6 heteroatoms. The molecule has 1 aromatic carbocycles. The van der Waals surface area contributed by atoms with Gasteiger partial charge in [-0.25, -0.2) is 9.37 Å². The topological polar surface area (TPSA) is 66.0 Å². The second-order valence-corrected chi connectivity index (χ2v) is 3.92. The summed E-state index contributed by atoms with van der Waals surface area (Å²) in [7, 11) is 3.23. The molecule has 0 amide bonds. The van der Waals surface area contributed by atoms with Crippen molar-refractivity contribution in [3.8, 4) is 5.75 Å². The van der Waals surface area contributed by atoms with Crippen molar-refractivity contribution in [1.29, 1.82) is 0 Å². The van der Waals surface area contributed by atoms with E-state index in [0.717, 1.165) is 11.4 Å². The highest BCUT2D eigenvalue weighted by atomic mass is 19.1. The fourth-order valence-electron chi connectivity index (χ4n) is 1.72. The lowest BCUT2D eigenvalue weighted by Gasteiger charge is -2.04. The van der Waals surface area contributed by atoms with Gasteiger partial charge in [-0.05, 0) is 17.7 Å². The molecule has 0 aliphatic carbocycles. The van der Waals surface area contributed by atoms with Crippen LogP contribution in [0.5, 0.6) is 5.75 Å². The van der Waals surface area contributed by atoms with Gasteiger partial charge < -0.3 is 10.5 Å². The van der Waals surface area contributed by atoms with Crippen LogP contribution in [-0.2, 0) is 20.0 Å². The molecule has 0 saturated heterocycles. The van der Waals surface area contributed by atoms with Crippen molar-refractivity contribution in [1.82, 2.24) is 14.8 Å². The van der Waals surface area contributed by atoms with Crippen LogP contribution in [0.2, 0.25) is 0 Å². The van der Waals surface area contributed by atoms with E-state index >= 15 is 0 Å². The molecule has 0 aliphatic heterocycles. The third-order valence-electron chi connectivity index (χ3n) is 2.66. The van der Waals surface area contributed by atoms with Crippen molar-refractivity contribution >= 4 is 0 Å². The van der Waals surface area contributed by atoms with E-state index in [1.807, 2.05) is 0 Å². The van der Waals surface area contributed by atoms with Crippen molar-refractivity contribution in [3.05, 3.63) is 41.2 Å². The number of nitrogens with two attached hydrogens (primary N) is 1. The summed E-state index contributed by atoms with van der Waals surface area (Å²) in [6.45, 7) is 0.296. The Morgan fingerprint density at radius 3 is 2.78 bits per heavy atom. The predicted octanol–water partition coefficient (Wildman–Crippen LogP) is 1.01. The monoisotopic (exact) mass is 250 g/mol. The van der Waals surface area contributed by atoms with Crippen LogP contribution in [0, 0.1) is 5.82 Å². The van der Waals surface area contributed by atoms with Crippen LogP contribution in [0.4, 0.5) is 4.39 Å². The number of hydrogen-bond donors (Lipinski definition) is 1. The molecular formula is C12H15FN4O. The third kappa shape index (κ3) is 2.48. The quantitative estimate of drug-likeness (QED) is 0.879. The van der Waals surface area contributed by atoms with E-state index in [2.05, 4.69) is 10.1 Å². The lowest BCUT2D eigenvalue weighted by Crippen LogP contribution is -2.01. The van der Waals surface area contributed by atoms with Crippen LogP contribution in [0.15, 0.2) is 18.2 Å². The van der Waals surface area contributed by atoms with E-state index < -0.39 is 0 Å². The molecule has 18 heavy (non-hydrogen) atoms. The molecule has 5 nitrogen and oxygen atoms in total. The van der Waals surface area contributed by atoms with Crippen LogP contribution in [0.3, 0.4) is 0 Å². The first-order valence-electron chi connectivity index (χ1n) is 5.55. The van der Waals surface area contributed by atoms with E-state index in [4.69, 9.17) is 10.5 Å². The highest BCUT2D eigenvalue weighted by molar-refractivity contribution is 5.30. The summed E-state index contributed by atoms with van der Waals surface area (Å²) >= 11 is 0. The van der Waals surface area contributed by atoms with Crippen LogP contribution in [-0.4, -0.2) is 21.9 Å². The number of aromatic nitrogens is 3. The highest BCUT2D eigenvalue weighted by Crippen LogP contribution is 2.19. The minimum atomic E-state index is -0.379. The third-order valence-corrected chi connectivity index (χ3v) is 2.66. The summed E-state index contributed by atoms with van der Waals surface area (Å²) in [5.41, 5.74) is 6.28. The normalized spacial score (nSPS) is 10.7. The Balaban J connectivity index is 2.22. The van der Waals surface area contributed by atoms with Crippen molar-refractivity contribution < 1.29 is 9.13 Å². The van der Waals surface area contributed by atoms with Gasteiger partial charge in [0.2, 0.25) is 0 Å². The lowest BCUT2D eigenvalue weighted by molar-refractivity contribution is 0.386. The predicted molar refractivity (Wildman–Crippen MR) is 64.7 cm³/mol. The minimum Gasteiger partial charge on any atom is -0.494 e. The number of rotatable bonds is 4. The molecular weight excluding hydrogens is 235 g/mol. The molecule has 2 N–H and O–H groups in total. The fraction of sp³-hybridized carbons (Fsp3) is 0.333. The zero-order chi connectivity index (χ0) is 13.1. The first kappa shape index (κ1) is 12.5. The van der Waals surface area contributed by atoms with Gasteiger partial charge in [0, 0.05) is 13.5 Å². The maximum Gasteiger partial charge on any atom is 0.165 e. The van der Waals surface area contributed by atoms with E-state index in [1.54, 1.807) is 23.9 Å². The average molecular weight is 250 g/mol. The Morgan fingerprint density at radius 2 is 2.22 bits per heavy atom. The van der Waals surface area contributed by atoms with Gasteiger partial charge in [0.1, 0.15) is 5.82 Å². The Labute approximate surface area is 104 Å². The smallest absolute Gasteiger partial charge is 0.165 e. The SMILES string of the molecule is COc1ccc(Cc2nc(CN)nn2C)cc1F. The van der Waals surface area contributed by atoms with Crippen LogP contribution < -0.4 is 10.5 Å². The number of nitrogens with zero attached hydrogens (tertiary/aromatic N) is 3. The van der Waals surface area contributed by atoms with E-state index in [9.17, 15) is 4.39 Å². The summed E-state index contributed by atoms with van der Waals surface area (Å²) in [6.07, 6.45) is 0.504. The summed E-state index contributed by atoms with van der Waals surface area (Å²) in [4.78, 5) is 4.27. The molecule has 0 atom stereocenters. The summed E-state index contributed by atoms with van der Waals surface area (Å²) in [5, 5.41) is 4.14. The van der Waals surface area contributed by atoms with Gasteiger partial charge in [-0.1, -0.05) is 6.07 Å². The van der Waals surface area contributed by atoms with Crippen LogP contribution in [0.25, 0.3) is 0 Å². The van der Waals surface area contributed by atoms with Crippen molar-refractivity contribution in [2.75, 3.05) is 7.11 Å². The van der Waals surface area contributed by atoms with Crippen LogP contribution >= 0.6 is 0 Å². The standard InChI is InChI=1S/C12H15FN4O/c1-17-12(15-11(7-14)16-17)6-8-3-4-10(18-2)9(13)5-8/h3-5H,6-7,14H2,1-2H3. The molecule has 2 rings (SSSR count). The number of methoxy groups -OCH3 is 1. The zero-order valence-electron chi connectivity index (χ0n) is 10.4. The molecule has 1 heterocycles. The first-order chi connectivity index (χ1) is 8.63. The Morgan fingerprint density at radius 1 is 1.44 bits per heavy atom. The van der Waals surface area contributed by atoms with E-state index in [-0.39, 0.29) is 11.6 Å². The maximum atomic E-state index is 13.5. The van der Waals surface area contributed by atoms with Gasteiger partial charge in [-0.2, -0.15) is 5.10 Å². The Kier molecular flexibility index (Phi) is 3.57. The molecule has 96 valence electrons. The number of ether oxygens (including phenoxy) is 1. The number of hydrogen-bond acceptors (Lipinski definition) is 4. The second kappa shape index (κ2) is 5.14. The van der Waals surface area contributed by atoms with Gasteiger partial charge in [-0.15, -0.1) is 0 Å².